The molecule has 296 valence electrons. The first-order valence-electron chi connectivity index (χ1n) is 19.1. The molecule has 0 fully saturated rings. The summed E-state index contributed by atoms with van der Waals surface area (Å²) in [4.78, 5) is 28.5. The summed E-state index contributed by atoms with van der Waals surface area (Å²) in [5.41, 5.74) is 10.6. The van der Waals surface area contributed by atoms with Crippen LogP contribution in [-0.4, -0.2) is 22.2 Å². The Kier molecular flexibility index (Phi) is 12.8. The molecule has 0 saturated carbocycles. The van der Waals surface area contributed by atoms with Crippen molar-refractivity contribution < 1.29 is 19.8 Å². The van der Waals surface area contributed by atoms with Crippen molar-refractivity contribution in [3.63, 3.8) is 0 Å². The van der Waals surface area contributed by atoms with E-state index in [-0.39, 0.29) is 11.1 Å². The average Bonchev–Trinajstić information content (AvgIpc) is 3.95. The van der Waals surface area contributed by atoms with Gasteiger partial charge in [0.05, 0.1) is 0 Å². The van der Waals surface area contributed by atoms with Gasteiger partial charge >= 0.3 is 11.9 Å². The lowest BCUT2D eigenvalue weighted by molar-refractivity contribution is -0.133. The number of carboxylic acids is 2. The smallest absolute Gasteiger partial charge is 0.346 e. The molecule has 5 aromatic carbocycles. The van der Waals surface area contributed by atoms with Gasteiger partial charge in [-0.25, -0.2) is 9.59 Å². The first-order chi connectivity index (χ1) is 29.6. The molecule has 61 heavy (non-hydrogen) atoms. The van der Waals surface area contributed by atoms with Crippen molar-refractivity contribution in [2.24, 2.45) is 0 Å². The fraction of sp³-hybridized carbons (Fsp3) is 0.0385. The standard InChI is InChI=1S/C52H37N3O4S2/c1-34-13-24-48(35(2)27-34)55(42-18-14-36(15-19-42)28-46(38-9-5-3-6-10-38)49-25-22-44(60-49)30-40(32-53)51(56)57)43-20-16-37(17-21-43)29-47(39-11-7-4-8-12-39)50-26-23-45(61-50)31-41(33-54)52(58)59/h3-31H,1-2H3,(H,56,57)(H,58,59)/b40-30+,41-31+,46-28+,47-29+. The molecule has 0 aliphatic rings. The van der Waals surface area contributed by atoms with Crippen molar-refractivity contribution in [2.75, 3.05) is 4.90 Å². The number of benzene rings is 5. The van der Waals surface area contributed by atoms with Gasteiger partial charge in [-0.15, -0.1) is 22.7 Å². The van der Waals surface area contributed by atoms with Gasteiger partial charge in [-0.05, 0) is 132 Å². The lowest BCUT2D eigenvalue weighted by Gasteiger charge is -2.27. The van der Waals surface area contributed by atoms with Gasteiger partial charge in [0.1, 0.15) is 23.3 Å². The van der Waals surface area contributed by atoms with Gasteiger partial charge in [0.2, 0.25) is 0 Å². The van der Waals surface area contributed by atoms with Crippen LogP contribution >= 0.6 is 22.7 Å². The third-order valence-electron chi connectivity index (χ3n) is 9.75. The number of rotatable bonds is 13. The molecule has 7 rings (SSSR count). The van der Waals surface area contributed by atoms with Crippen molar-refractivity contribution in [2.45, 2.75) is 13.8 Å². The minimum Gasteiger partial charge on any atom is -0.477 e. The van der Waals surface area contributed by atoms with E-state index in [1.807, 2.05) is 84.9 Å². The van der Waals surface area contributed by atoms with Gasteiger partial charge in [-0.2, -0.15) is 10.5 Å². The van der Waals surface area contributed by atoms with E-state index in [2.05, 4.69) is 97.6 Å². The Labute approximate surface area is 362 Å². The van der Waals surface area contributed by atoms with Gasteiger partial charge in [0.15, 0.2) is 0 Å². The van der Waals surface area contributed by atoms with Crippen LogP contribution in [0.5, 0.6) is 0 Å². The lowest BCUT2D eigenvalue weighted by atomic mass is 10.0. The zero-order valence-electron chi connectivity index (χ0n) is 33.1. The van der Waals surface area contributed by atoms with Gasteiger partial charge in [0.25, 0.3) is 0 Å². The highest BCUT2D eigenvalue weighted by Crippen LogP contribution is 2.39. The second kappa shape index (κ2) is 18.8. The van der Waals surface area contributed by atoms with Crippen molar-refractivity contribution in [3.05, 3.63) is 216 Å². The SMILES string of the molecule is Cc1ccc(N(c2ccc(/C=C(\c3ccccc3)c3ccc(/C=C(\C#N)C(=O)O)s3)cc2)c2ccc(/C=C(\c3ccccc3)c3ccc(/C=C(\C#N)C(=O)O)s3)cc2)c(C)c1. The highest BCUT2D eigenvalue weighted by atomic mass is 32.1. The molecule has 0 unspecified atom stereocenters. The summed E-state index contributed by atoms with van der Waals surface area (Å²) in [6.07, 6.45) is 7.04. The summed E-state index contributed by atoms with van der Waals surface area (Å²) in [7, 11) is 0. The number of anilines is 3. The fourth-order valence-corrected chi connectivity index (χ4v) is 8.78. The van der Waals surface area contributed by atoms with Gasteiger partial charge < -0.3 is 15.1 Å². The minimum atomic E-state index is -1.26. The molecule has 0 spiro atoms. The molecule has 7 aromatic rings. The molecule has 0 aliphatic carbocycles. The molecule has 2 heterocycles. The number of carboxylic acid groups (broad SMARTS) is 2. The number of hydrogen-bond donors (Lipinski definition) is 2. The third kappa shape index (κ3) is 9.90. The molecule has 9 heteroatoms. The summed E-state index contributed by atoms with van der Waals surface area (Å²) < 4.78 is 0. The van der Waals surface area contributed by atoms with Gasteiger partial charge in [-0.3, -0.25) is 0 Å². The zero-order chi connectivity index (χ0) is 42.9. The Morgan fingerprint density at radius 2 is 0.967 bits per heavy atom. The molecule has 7 nitrogen and oxygen atoms in total. The number of thiophene rings is 2. The molecule has 0 amide bonds. The Balaban J connectivity index is 1.25. The highest BCUT2D eigenvalue weighted by molar-refractivity contribution is 7.14. The maximum atomic E-state index is 11.5. The third-order valence-corrected chi connectivity index (χ3v) is 11.9. The minimum absolute atomic E-state index is 0.316. The van der Waals surface area contributed by atoms with Crippen LogP contribution in [0.15, 0.2) is 163 Å². The second-order valence-electron chi connectivity index (χ2n) is 14.0. The van der Waals surface area contributed by atoms with Crippen molar-refractivity contribution in [1.82, 2.24) is 0 Å². The molecule has 0 aliphatic heterocycles. The fourth-order valence-electron chi connectivity index (χ4n) is 6.80. The van der Waals surface area contributed by atoms with E-state index >= 15 is 0 Å². The quantitative estimate of drug-likeness (QED) is 0.0673. The van der Waals surface area contributed by atoms with Crippen LogP contribution in [0.4, 0.5) is 17.1 Å². The van der Waals surface area contributed by atoms with Crippen molar-refractivity contribution >= 4 is 87.1 Å². The lowest BCUT2D eigenvalue weighted by Crippen LogP contribution is -2.11. The number of hydrogen-bond acceptors (Lipinski definition) is 7. The Morgan fingerprint density at radius 1 is 0.541 bits per heavy atom. The largest absolute Gasteiger partial charge is 0.477 e. The molecule has 0 saturated heterocycles. The number of carbonyl (C=O) groups is 2. The summed E-state index contributed by atoms with van der Waals surface area (Å²) in [5.74, 6) is -2.52. The predicted octanol–water partition coefficient (Wildman–Crippen LogP) is 13.1. The van der Waals surface area contributed by atoms with Gasteiger partial charge in [0, 0.05) is 36.6 Å². The van der Waals surface area contributed by atoms with Crippen LogP contribution in [0.2, 0.25) is 0 Å². The molecular formula is C52H37N3O4S2. The molecule has 0 atom stereocenters. The van der Waals surface area contributed by atoms with Crippen LogP contribution in [0.25, 0.3) is 35.5 Å². The first kappa shape index (κ1) is 41.3. The molecule has 0 radical (unpaired) electrons. The monoisotopic (exact) mass is 831 g/mol. The summed E-state index contributed by atoms with van der Waals surface area (Å²) in [5, 5.41) is 37.4. The van der Waals surface area contributed by atoms with Crippen LogP contribution in [0.3, 0.4) is 0 Å². The maximum absolute atomic E-state index is 11.5. The van der Waals surface area contributed by atoms with E-state index in [9.17, 15) is 30.3 Å². The normalized spacial score (nSPS) is 12.1. The van der Waals surface area contributed by atoms with E-state index in [0.717, 1.165) is 65.8 Å². The number of aliphatic carboxylic acids is 2. The highest BCUT2D eigenvalue weighted by Gasteiger charge is 2.17. The first-order valence-corrected chi connectivity index (χ1v) is 20.8. The van der Waals surface area contributed by atoms with E-state index in [1.54, 1.807) is 12.1 Å². The predicted molar refractivity (Wildman–Crippen MR) is 249 cm³/mol. The van der Waals surface area contributed by atoms with E-state index < -0.39 is 11.9 Å². The average molecular weight is 832 g/mol. The van der Waals surface area contributed by atoms with Crippen molar-refractivity contribution in [1.29, 1.82) is 10.5 Å². The molecule has 2 aromatic heterocycles. The topological polar surface area (TPSA) is 125 Å². The molecule has 0 bridgehead atoms. The summed E-state index contributed by atoms with van der Waals surface area (Å²) in [6, 6.07) is 54.3. The maximum Gasteiger partial charge on any atom is 0.346 e. The van der Waals surface area contributed by atoms with Crippen LogP contribution < -0.4 is 4.90 Å². The summed E-state index contributed by atoms with van der Waals surface area (Å²) in [6.45, 7) is 4.20. The van der Waals surface area contributed by atoms with E-state index in [0.29, 0.717) is 9.75 Å². The van der Waals surface area contributed by atoms with E-state index in [4.69, 9.17) is 0 Å². The van der Waals surface area contributed by atoms with Gasteiger partial charge in [-0.1, -0.05) is 103 Å². The number of aryl methyl sites for hydroxylation is 2. The zero-order valence-corrected chi connectivity index (χ0v) is 34.7. The van der Waals surface area contributed by atoms with Crippen LogP contribution in [0.1, 0.15) is 52.9 Å². The van der Waals surface area contributed by atoms with Crippen LogP contribution in [-0.2, 0) is 9.59 Å². The molecule has 2 N–H and O–H groups in total. The van der Waals surface area contributed by atoms with E-state index in [1.165, 1.54) is 40.4 Å². The Morgan fingerprint density at radius 3 is 1.34 bits per heavy atom. The number of nitrogens with zero attached hydrogens (tertiary/aromatic N) is 3. The van der Waals surface area contributed by atoms with Crippen molar-refractivity contribution in [3.8, 4) is 12.1 Å². The Bertz CT molecular complexity index is 2760. The summed E-state index contributed by atoms with van der Waals surface area (Å²) >= 11 is 2.85. The second-order valence-corrected chi connectivity index (χ2v) is 16.2. The van der Waals surface area contributed by atoms with Crippen LogP contribution in [0, 0.1) is 36.5 Å². The Hall–Kier alpha value is -7.82. The number of nitriles is 2. The molecular weight excluding hydrogens is 795 g/mol.